The Bertz CT molecular complexity index is 901. The molecule has 7 nitrogen and oxygen atoms in total. The van der Waals surface area contributed by atoms with Crippen LogP contribution < -0.4 is 9.64 Å². The van der Waals surface area contributed by atoms with Crippen LogP contribution in [0.2, 0.25) is 5.02 Å². The fourth-order valence-corrected chi connectivity index (χ4v) is 3.36. The van der Waals surface area contributed by atoms with Gasteiger partial charge < -0.3 is 14.5 Å². The molecule has 0 spiro atoms. The van der Waals surface area contributed by atoms with Crippen LogP contribution in [0.5, 0.6) is 5.75 Å². The van der Waals surface area contributed by atoms with Gasteiger partial charge in [-0.1, -0.05) is 17.7 Å². The van der Waals surface area contributed by atoms with Gasteiger partial charge in [0.1, 0.15) is 11.5 Å². The summed E-state index contributed by atoms with van der Waals surface area (Å²) in [6.07, 6.45) is 0. The summed E-state index contributed by atoms with van der Waals surface area (Å²) in [5.74, 6) is -0.877. The molecule has 0 aliphatic carbocycles. The minimum atomic E-state index is -0.667. The normalized spacial score (nSPS) is 14.1. The molecule has 1 saturated heterocycles. The number of benzene rings is 2. The van der Waals surface area contributed by atoms with E-state index in [0.29, 0.717) is 38.5 Å². The number of anilines is 1. The summed E-state index contributed by atoms with van der Waals surface area (Å²) in [4.78, 5) is 27.1. The maximum atomic E-state index is 14.0. The maximum Gasteiger partial charge on any atom is 0.333 e. The zero-order chi connectivity index (χ0) is 20.3. The van der Waals surface area contributed by atoms with Gasteiger partial charge in [0.2, 0.25) is 0 Å². The SMILES string of the molecule is CCOc1cccc(N2CCN(C(=O)c3ccc(Cl)cc3F)CC2)c1[N+](=O)[O-]. The predicted octanol–water partition coefficient (Wildman–Crippen LogP) is 3.75. The number of hydrogen-bond acceptors (Lipinski definition) is 5. The molecule has 9 heteroatoms. The fourth-order valence-electron chi connectivity index (χ4n) is 3.21. The molecule has 0 aromatic heterocycles. The van der Waals surface area contributed by atoms with Gasteiger partial charge in [0.25, 0.3) is 5.91 Å². The summed E-state index contributed by atoms with van der Waals surface area (Å²) in [7, 11) is 0. The number of nitro benzene ring substituents is 1. The van der Waals surface area contributed by atoms with Gasteiger partial charge in [-0.2, -0.15) is 0 Å². The van der Waals surface area contributed by atoms with E-state index in [4.69, 9.17) is 16.3 Å². The first-order chi connectivity index (χ1) is 13.4. The van der Waals surface area contributed by atoms with Crippen molar-refractivity contribution in [1.82, 2.24) is 4.90 Å². The second kappa shape index (κ2) is 8.43. The molecule has 0 unspecified atom stereocenters. The van der Waals surface area contributed by atoms with E-state index < -0.39 is 16.6 Å². The minimum Gasteiger partial charge on any atom is -0.487 e. The van der Waals surface area contributed by atoms with Gasteiger partial charge in [-0.25, -0.2) is 4.39 Å². The molecule has 1 aliphatic heterocycles. The van der Waals surface area contributed by atoms with Crippen LogP contribution in [0.4, 0.5) is 15.8 Å². The van der Waals surface area contributed by atoms with Crippen molar-refractivity contribution in [3.8, 4) is 5.75 Å². The highest BCUT2D eigenvalue weighted by atomic mass is 35.5. The number of rotatable bonds is 5. The second-order valence-corrected chi connectivity index (χ2v) is 6.65. The van der Waals surface area contributed by atoms with Gasteiger partial charge in [0, 0.05) is 31.2 Å². The van der Waals surface area contributed by atoms with Crippen LogP contribution in [-0.2, 0) is 0 Å². The Kier molecular flexibility index (Phi) is 5.99. The van der Waals surface area contributed by atoms with Crippen molar-refractivity contribution >= 4 is 28.9 Å². The second-order valence-electron chi connectivity index (χ2n) is 6.22. The third kappa shape index (κ3) is 4.01. The van der Waals surface area contributed by atoms with Gasteiger partial charge in [-0.05, 0) is 37.3 Å². The smallest absolute Gasteiger partial charge is 0.333 e. The quantitative estimate of drug-likeness (QED) is 0.557. The first kappa shape index (κ1) is 19.9. The lowest BCUT2D eigenvalue weighted by Crippen LogP contribution is -2.49. The Morgan fingerprint density at radius 2 is 1.96 bits per heavy atom. The van der Waals surface area contributed by atoms with E-state index in [0.717, 1.165) is 6.07 Å². The third-order valence-electron chi connectivity index (χ3n) is 4.53. The molecule has 0 radical (unpaired) electrons. The standard InChI is InChI=1S/C19H19ClFN3O4/c1-2-28-17-5-3-4-16(18(17)24(26)27)22-8-10-23(11-9-22)19(25)14-7-6-13(20)12-15(14)21/h3-7,12H,2,8-11H2,1H3. The van der Waals surface area contributed by atoms with Crippen molar-refractivity contribution < 1.29 is 18.8 Å². The number of carbonyl (C=O) groups is 1. The van der Waals surface area contributed by atoms with Crippen LogP contribution in [-0.4, -0.2) is 48.5 Å². The Morgan fingerprint density at radius 3 is 2.57 bits per heavy atom. The number of para-hydroxylation sites is 1. The monoisotopic (exact) mass is 407 g/mol. The van der Waals surface area contributed by atoms with E-state index in [2.05, 4.69) is 0 Å². The molecule has 0 saturated carbocycles. The highest BCUT2D eigenvalue weighted by molar-refractivity contribution is 6.30. The summed E-state index contributed by atoms with van der Waals surface area (Å²) in [6, 6.07) is 8.87. The van der Waals surface area contributed by atoms with Gasteiger partial charge in [-0.15, -0.1) is 0 Å². The van der Waals surface area contributed by atoms with E-state index in [9.17, 15) is 19.3 Å². The molecule has 1 fully saturated rings. The number of amides is 1. The topological polar surface area (TPSA) is 75.9 Å². The third-order valence-corrected chi connectivity index (χ3v) is 4.76. The summed E-state index contributed by atoms with van der Waals surface area (Å²) >= 11 is 5.73. The Balaban J connectivity index is 1.76. The Labute approximate surface area is 166 Å². The van der Waals surface area contributed by atoms with Crippen molar-refractivity contribution in [1.29, 1.82) is 0 Å². The average Bonchev–Trinajstić information content (AvgIpc) is 2.67. The van der Waals surface area contributed by atoms with Gasteiger partial charge in [-0.3, -0.25) is 14.9 Å². The van der Waals surface area contributed by atoms with Crippen LogP contribution in [0.3, 0.4) is 0 Å². The molecule has 1 aliphatic rings. The molecule has 0 bridgehead atoms. The highest BCUT2D eigenvalue weighted by Crippen LogP contribution is 2.37. The van der Waals surface area contributed by atoms with Crippen molar-refractivity contribution in [2.45, 2.75) is 6.92 Å². The van der Waals surface area contributed by atoms with Crippen LogP contribution in [0.1, 0.15) is 17.3 Å². The van der Waals surface area contributed by atoms with Crippen LogP contribution in [0.15, 0.2) is 36.4 Å². The zero-order valence-electron chi connectivity index (χ0n) is 15.2. The number of nitrogens with zero attached hydrogens (tertiary/aromatic N) is 3. The Hall–Kier alpha value is -2.87. The number of nitro groups is 1. The van der Waals surface area contributed by atoms with Gasteiger partial charge >= 0.3 is 5.69 Å². The van der Waals surface area contributed by atoms with Gasteiger partial charge in [0.15, 0.2) is 5.75 Å². The molecular formula is C19H19ClFN3O4. The van der Waals surface area contributed by atoms with E-state index in [-0.39, 0.29) is 22.0 Å². The molecule has 1 heterocycles. The van der Waals surface area contributed by atoms with Crippen molar-refractivity contribution in [2.24, 2.45) is 0 Å². The van der Waals surface area contributed by atoms with Crippen LogP contribution in [0.25, 0.3) is 0 Å². The molecular weight excluding hydrogens is 389 g/mol. The highest BCUT2D eigenvalue weighted by Gasteiger charge is 2.29. The molecule has 0 atom stereocenters. The van der Waals surface area contributed by atoms with E-state index in [1.807, 2.05) is 4.90 Å². The molecule has 1 amide bonds. The van der Waals surface area contributed by atoms with Gasteiger partial charge in [0.05, 0.1) is 17.1 Å². The lowest BCUT2D eigenvalue weighted by molar-refractivity contribution is -0.385. The van der Waals surface area contributed by atoms with E-state index >= 15 is 0 Å². The lowest BCUT2D eigenvalue weighted by Gasteiger charge is -2.36. The van der Waals surface area contributed by atoms with Crippen molar-refractivity contribution in [3.63, 3.8) is 0 Å². The first-order valence-corrected chi connectivity index (χ1v) is 9.19. The lowest BCUT2D eigenvalue weighted by atomic mass is 10.1. The molecule has 2 aromatic carbocycles. The summed E-state index contributed by atoms with van der Waals surface area (Å²) in [6.45, 7) is 3.48. The maximum absolute atomic E-state index is 14.0. The first-order valence-electron chi connectivity index (χ1n) is 8.81. The molecule has 2 aromatic rings. The van der Waals surface area contributed by atoms with E-state index in [1.54, 1.807) is 25.1 Å². The summed E-state index contributed by atoms with van der Waals surface area (Å²) in [5, 5.41) is 11.8. The summed E-state index contributed by atoms with van der Waals surface area (Å²) in [5.41, 5.74) is 0.316. The number of piperazine rings is 1. The number of ether oxygens (including phenoxy) is 1. The minimum absolute atomic E-state index is 0.0397. The van der Waals surface area contributed by atoms with Crippen LogP contribution >= 0.6 is 11.6 Å². The van der Waals surface area contributed by atoms with Crippen LogP contribution in [0, 0.1) is 15.9 Å². The Morgan fingerprint density at radius 1 is 1.25 bits per heavy atom. The number of hydrogen-bond donors (Lipinski definition) is 0. The number of carbonyl (C=O) groups excluding carboxylic acids is 1. The van der Waals surface area contributed by atoms with Crippen molar-refractivity contribution in [3.05, 3.63) is 62.9 Å². The average molecular weight is 408 g/mol. The fraction of sp³-hybridized carbons (Fsp3) is 0.316. The summed E-state index contributed by atoms with van der Waals surface area (Å²) < 4.78 is 19.4. The largest absolute Gasteiger partial charge is 0.487 e. The molecule has 148 valence electrons. The predicted molar refractivity (Wildman–Crippen MR) is 104 cm³/mol. The van der Waals surface area contributed by atoms with Crippen molar-refractivity contribution in [2.75, 3.05) is 37.7 Å². The zero-order valence-corrected chi connectivity index (χ0v) is 16.0. The number of halogens is 2. The molecule has 0 N–H and O–H groups in total. The molecule has 3 rings (SSSR count). The van der Waals surface area contributed by atoms with E-state index in [1.165, 1.54) is 17.0 Å². The molecule has 28 heavy (non-hydrogen) atoms.